The molecular weight excluding hydrogens is 304 g/mol. The highest BCUT2D eigenvalue weighted by Crippen LogP contribution is 2.21. The van der Waals surface area contributed by atoms with Crippen LogP contribution in [0.25, 0.3) is 0 Å². The SMILES string of the molecule is CC(C)(C)c1cc(C(=O)NCC(O)c2c(F)cccc2F)n[nH]1. The van der Waals surface area contributed by atoms with Crippen LogP contribution in [0.5, 0.6) is 0 Å². The molecule has 2 aromatic rings. The summed E-state index contributed by atoms with van der Waals surface area (Å²) in [4.78, 5) is 12.0. The molecule has 0 radical (unpaired) electrons. The van der Waals surface area contributed by atoms with Crippen LogP contribution < -0.4 is 5.32 Å². The minimum Gasteiger partial charge on any atom is -0.386 e. The van der Waals surface area contributed by atoms with Crippen LogP contribution in [-0.4, -0.2) is 27.8 Å². The lowest BCUT2D eigenvalue weighted by molar-refractivity contribution is 0.0906. The lowest BCUT2D eigenvalue weighted by atomic mass is 9.92. The number of carbonyl (C=O) groups excluding carboxylic acids is 1. The van der Waals surface area contributed by atoms with Crippen molar-refractivity contribution in [3.05, 3.63) is 52.9 Å². The smallest absolute Gasteiger partial charge is 0.271 e. The number of hydrogen-bond acceptors (Lipinski definition) is 3. The Morgan fingerprint density at radius 2 is 1.96 bits per heavy atom. The van der Waals surface area contributed by atoms with Crippen molar-refractivity contribution in [1.29, 1.82) is 0 Å². The zero-order valence-electron chi connectivity index (χ0n) is 13.2. The summed E-state index contributed by atoms with van der Waals surface area (Å²) in [6.07, 6.45) is -1.49. The van der Waals surface area contributed by atoms with E-state index < -0.39 is 29.2 Å². The number of nitrogens with one attached hydrogen (secondary N) is 2. The molecule has 1 unspecified atom stereocenters. The standard InChI is InChI=1S/C16H19F2N3O2/c1-16(2,3)13-7-11(20-21-13)15(23)19-8-12(22)14-9(17)5-4-6-10(14)18/h4-7,12,22H,8H2,1-3H3,(H,19,23)(H,20,21). The maximum atomic E-state index is 13.6. The Kier molecular flexibility index (Phi) is 4.79. The van der Waals surface area contributed by atoms with Gasteiger partial charge in [0.1, 0.15) is 23.4 Å². The first-order valence-corrected chi connectivity index (χ1v) is 7.16. The molecule has 2 rings (SSSR count). The highest BCUT2D eigenvalue weighted by molar-refractivity contribution is 5.92. The van der Waals surface area contributed by atoms with Crippen molar-refractivity contribution in [2.24, 2.45) is 0 Å². The van der Waals surface area contributed by atoms with Crippen LogP contribution in [0.1, 0.15) is 48.6 Å². The third kappa shape index (κ3) is 3.92. The molecule has 1 heterocycles. The first-order valence-electron chi connectivity index (χ1n) is 7.16. The van der Waals surface area contributed by atoms with E-state index in [1.54, 1.807) is 6.07 Å². The minimum absolute atomic E-state index is 0.149. The number of H-pyrrole nitrogens is 1. The van der Waals surface area contributed by atoms with E-state index in [-0.39, 0.29) is 17.7 Å². The van der Waals surface area contributed by atoms with Gasteiger partial charge in [0, 0.05) is 17.7 Å². The van der Waals surface area contributed by atoms with E-state index in [1.165, 1.54) is 6.07 Å². The van der Waals surface area contributed by atoms with Crippen LogP contribution in [0.2, 0.25) is 0 Å². The summed E-state index contributed by atoms with van der Waals surface area (Å²) in [5.41, 5.74) is 0.270. The molecule has 1 atom stereocenters. The van der Waals surface area contributed by atoms with Gasteiger partial charge < -0.3 is 10.4 Å². The number of benzene rings is 1. The number of carbonyl (C=O) groups is 1. The van der Waals surface area contributed by atoms with Gasteiger partial charge in [-0.3, -0.25) is 9.89 Å². The summed E-state index contributed by atoms with van der Waals surface area (Å²) >= 11 is 0. The lowest BCUT2D eigenvalue weighted by Crippen LogP contribution is -2.29. The Labute approximate surface area is 132 Å². The van der Waals surface area contributed by atoms with Gasteiger partial charge in [0.05, 0.1) is 5.56 Å². The van der Waals surface area contributed by atoms with Crippen molar-refractivity contribution in [2.75, 3.05) is 6.54 Å². The molecule has 1 aromatic heterocycles. The Balaban J connectivity index is 2.03. The highest BCUT2D eigenvalue weighted by Gasteiger charge is 2.21. The fourth-order valence-corrected chi connectivity index (χ4v) is 2.03. The van der Waals surface area contributed by atoms with Gasteiger partial charge in [-0.1, -0.05) is 26.8 Å². The van der Waals surface area contributed by atoms with Gasteiger partial charge >= 0.3 is 0 Å². The summed E-state index contributed by atoms with van der Waals surface area (Å²) in [6.45, 7) is 5.57. The predicted octanol–water partition coefficient (Wildman–Crippen LogP) is 2.45. The van der Waals surface area contributed by atoms with Crippen molar-refractivity contribution in [3.8, 4) is 0 Å². The largest absolute Gasteiger partial charge is 0.386 e. The second kappa shape index (κ2) is 6.45. The monoisotopic (exact) mass is 323 g/mol. The number of halogens is 2. The normalized spacial score (nSPS) is 13.0. The number of nitrogens with zero attached hydrogens (tertiary/aromatic N) is 1. The molecule has 124 valence electrons. The number of hydrogen-bond donors (Lipinski definition) is 3. The van der Waals surface area contributed by atoms with Gasteiger partial charge in [-0.25, -0.2) is 8.78 Å². The lowest BCUT2D eigenvalue weighted by Gasteiger charge is -2.14. The van der Waals surface area contributed by atoms with E-state index in [0.29, 0.717) is 0 Å². The van der Waals surface area contributed by atoms with Crippen LogP contribution >= 0.6 is 0 Å². The third-order valence-corrected chi connectivity index (χ3v) is 3.41. The molecule has 0 aliphatic rings. The average molecular weight is 323 g/mol. The molecule has 3 N–H and O–H groups in total. The average Bonchev–Trinajstić information content (AvgIpc) is 2.94. The van der Waals surface area contributed by atoms with Crippen LogP contribution in [0, 0.1) is 11.6 Å². The molecule has 0 aliphatic heterocycles. The van der Waals surface area contributed by atoms with Gasteiger partial charge in [-0.05, 0) is 18.2 Å². The molecule has 0 aliphatic carbocycles. The van der Waals surface area contributed by atoms with E-state index in [4.69, 9.17) is 0 Å². The number of aliphatic hydroxyl groups is 1. The molecule has 23 heavy (non-hydrogen) atoms. The number of aromatic amines is 1. The quantitative estimate of drug-likeness (QED) is 0.809. The first-order chi connectivity index (χ1) is 10.7. The summed E-state index contributed by atoms with van der Waals surface area (Å²) in [5, 5.41) is 19.0. The molecule has 0 saturated heterocycles. The van der Waals surface area contributed by atoms with Gasteiger partial charge in [-0.15, -0.1) is 0 Å². The number of aliphatic hydroxyl groups excluding tert-OH is 1. The molecule has 0 saturated carbocycles. The summed E-state index contributed by atoms with van der Waals surface area (Å²) in [5.74, 6) is -2.25. The van der Waals surface area contributed by atoms with Crippen molar-refractivity contribution < 1.29 is 18.7 Å². The summed E-state index contributed by atoms with van der Waals surface area (Å²) < 4.78 is 27.1. The van der Waals surface area contributed by atoms with E-state index in [2.05, 4.69) is 15.5 Å². The van der Waals surface area contributed by atoms with Crippen LogP contribution in [0.3, 0.4) is 0 Å². The van der Waals surface area contributed by atoms with Crippen molar-refractivity contribution in [2.45, 2.75) is 32.3 Å². The van der Waals surface area contributed by atoms with Gasteiger partial charge in [0.15, 0.2) is 0 Å². The third-order valence-electron chi connectivity index (χ3n) is 3.41. The number of amides is 1. The molecular formula is C16H19F2N3O2. The first kappa shape index (κ1) is 17.1. The fourth-order valence-electron chi connectivity index (χ4n) is 2.03. The Morgan fingerprint density at radius 1 is 1.35 bits per heavy atom. The Hall–Kier alpha value is -2.28. The topological polar surface area (TPSA) is 78.0 Å². The second-order valence-electron chi connectivity index (χ2n) is 6.28. The molecule has 7 heteroatoms. The maximum absolute atomic E-state index is 13.6. The van der Waals surface area contributed by atoms with Gasteiger partial charge in [-0.2, -0.15) is 5.10 Å². The fraction of sp³-hybridized carbons (Fsp3) is 0.375. The van der Waals surface area contributed by atoms with Gasteiger partial charge in [0.2, 0.25) is 0 Å². The van der Waals surface area contributed by atoms with E-state index >= 15 is 0 Å². The van der Waals surface area contributed by atoms with Crippen molar-refractivity contribution in [1.82, 2.24) is 15.5 Å². The minimum atomic E-state index is -1.49. The second-order valence-corrected chi connectivity index (χ2v) is 6.28. The molecule has 0 spiro atoms. The zero-order chi connectivity index (χ0) is 17.2. The molecule has 0 bridgehead atoms. The zero-order valence-corrected chi connectivity index (χ0v) is 13.2. The van der Waals surface area contributed by atoms with E-state index in [9.17, 15) is 18.7 Å². The summed E-state index contributed by atoms with van der Waals surface area (Å²) in [6, 6.07) is 4.90. The summed E-state index contributed by atoms with van der Waals surface area (Å²) in [7, 11) is 0. The van der Waals surface area contributed by atoms with Crippen molar-refractivity contribution >= 4 is 5.91 Å². The highest BCUT2D eigenvalue weighted by atomic mass is 19.1. The number of rotatable bonds is 4. The van der Waals surface area contributed by atoms with Crippen molar-refractivity contribution in [3.63, 3.8) is 0 Å². The maximum Gasteiger partial charge on any atom is 0.271 e. The van der Waals surface area contributed by atoms with Gasteiger partial charge in [0.25, 0.3) is 5.91 Å². The van der Waals surface area contributed by atoms with Crippen LogP contribution in [0.4, 0.5) is 8.78 Å². The Morgan fingerprint density at radius 3 is 2.48 bits per heavy atom. The van der Waals surface area contributed by atoms with Crippen LogP contribution in [-0.2, 0) is 5.41 Å². The molecule has 1 aromatic carbocycles. The number of aromatic nitrogens is 2. The molecule has 5 nitrogen and oxygen atoms in total. The van der Waals surface area contributed by atoms with Crippen LogP contribution in [0.15, 0.2) is 24.3 Å². The Bertz CT molecular complexity index is 687. The van der Waals surface area contributed by atoms with E-state index in [0.717, 1.165) is 17.8 Å². The molecule has 0 fully saturated rings. The molecule has 1 amide bonds. The van der Waals surface area contributed by atoms with E-state index in [1.807, 2.05) is 20.8 Å². The predicted molar refractivity (Wildman–Crippen MR) is 80.9 cm³/mol.